The molecule has 0 spiro atoms. The van der Waals surface area contributed by atoms with Gasteiger partial charge in [0, 0.05) is 14.6 Å². The zero-order valence-electron chi connectivity index (χ0n) is 10.6. The molecule has 0 amide bonds. The van der Waals surface area contributed by atoms with Crippen molar-refractivity contribution in [2.45, 2.75) is 6.18 Å². The minimum atomic E-state index is -4.56. The van der Waals surface area contributed by atoms with E-state index in [1.807, 2.05) is 30.3 Å². The van der Waals surface area contributed by atoms with Gasteiger partial charge in [-0.2, -0.15) is 18.4 Å². The standard InChI is InChI=1S/C14H5Br2F3N2S/c15-9-6-3-1-2-4-8(6)22-12(9)11-7(5-20)10(16)13(21-11)14(17,18)19/h1-4,21H. The van der Waals surface area contributed by atoms with Crippen LogP contribution in [-0.2, 0) is 6.18 Å². The molecule has 22 heavy (non-hydrogen) atoms. The summed E-state index contributed by atoms with van der Waals surface area (Å²) in [7, 11) is 0. The number of benzene rings is 1. The lowest BCUT2D eigenvalue weighted by molar-refractivity contribution is -0.141. The first-order chi connectivity index (χ1) is 10.3. The van der Waals surface area contributed by atoms with E-state index >= 15 is 0 Å². The largest absolute Gasteiger partial charge is 0.432 e. The molecule has 2 aromatic heterocycles. The molecular weight excluding hydrogens is 445 g/mol. The van der Waals surface area contributed by atoms with Crippen molar-refractivity contribution in [2.75, 3.05) is 0 Å². The summed E-state index contributed by atoms with van der Waals surface area (Å²) in [5.41, 5.74) is -0.849. The van der Waals surface area contributed by atoms with Gasteiger partial charge in [0.05, 0.1) is 20.6 Å². The zero-order chi connectivity index (χ0) is 16.1. The fourth-order valence-electron chi connectivity index (χ4n) is 2.12. The Hall–Kier alpha value is -1.30. The van der Waals surface area contributed by atoms with Gasteiger partial charge in [0.15, 0.2) is 0 Å². The van der Waals surface area contributed by atoms with Crippen LogP contribution in [0.25, 0.3) is 20.7 Å². The monoisotopic (exact) mass is 448 g/mol. The second kappa shape index (κ2) is 5.41. The maximum atomic E-state index is 13.0. The average molecular weight is 450 g/mol. The van der Waals surface area contributed by atoms with Gasteiger partial charge < -0.3 is 4.98 Å². The Morgan fingerprint density at radius 1 is 1.14 bits per heavy atom. The van der Waals surface area contributed by atoms with Gasteiger partial charge in [-0.05, 0) is 37.9 Å². The van der Waals surface area contributed by atoms with E-state index in [4.69, 9.17) is 0 Å². The summed E-state index contributed by atoms with van der Waals surface area (Å²) in [4.78, 5) is 2.91. The first kappa shape index (κ1) is 15.6. The van der Waals surface area contributed by atoms with Gasteiger partial charge in [-0.3, -0.25) is 0 Å². The van der Waals surface area contributed by atoms with Gasteiger partial charge in [0.2, 0.25) is 0 Å². The number of aromatic amines is 1. The smallest absolute Gasteiger partial charge is 0.348 e. The third kappa shape index (κ3) is 2.37. The number of hydrogen-bond acceptors (Lipinski definition) is 2. The van der Waals surface area contributed by atoms with Gasteiger partial charge in [-0.25, -0.2) is 0 Å². The molecular formula is C14H5Br2F3N2S. The second-order valence-corrected chi connectivity index (χ2v) is 7.05. The highest BCUT2D eigenvalue weighted by Gasteiger charge is 2.38. The Labute approximate surface area is 143 Å². The van der Waals surface area contributed by atoms with Crippen molar-refractivity contribution in [3.8, 4) is 16.6 Å². The minimum absolute atomic E-state index is 0.0559. The number of halogens is 5. The lowest BCUT2D eigenvalue weighted by atomic mass is 10.2. The van der Waals surface area contributed by atoms with Gasteiger partial charge in [-0.1, -0.05) is 18.2 Å². The van der Waals surface area contributed by atoms with Crippen molar-refractivity contribution >= 4 is 53.3 Å². The highest BCUT2D eigenvalue weighted by molar-refractivity contribution is 9.11. The maximum Gasteiger partial charge on any atom is 0.432 e. The van der Waals surface area contributed by atoms with E-state index in [-0.39, 0.29) is 15.7 Å². The number of nitrogens with one attached hydrogen (secondary N) is 1. The average Bonchev–Trinajstić information content (AvgIpc) is 2.96. The number of hydrogen-bond donors (Lipinski definition) is 1. The van der Waals surface area contributed by atoms with E-state index < -0.39 is 11.9 Å². The van der Waals surface area contributed by atoms with Gasteiger partial charge in [0.25, 0.3) is 0 Å². The summed E-state index contributed by atoms with van der Waals surface area (Å²) < 4.78 is 40.4. The SMILES string of the molecule is N#Cc1c(-c2sc3ccccc3c2Br)[nH]c(C(F)(F)F)c1Br. The number of nitrogens with zero attached hydrogens (tertiary/aromatic N) is 1. The summed E-state index contributed by atoms with van der Waals surface area (Å²) in [6.07, 6.45) is -4.56. The first-order valence-electron chi connectivity index (χ1n) is 5.90. The van der Waals surface area contributed by atoms with Crippen LogP contribution in [-0.4, -0.2) is 4.98 Å². The molecule has 0 fully saturated rings. The van der Waals surface area contributed by atoms with Crippen molar-refractivity contribution < 1.29 is 13.2 Å². The lowest BCUT2D eigenvalue weighted by Gasteiger charge is -2.03. The van der Waals surface area contributed by atoms with Crippen molar-refractivity contribution in [1.29, 1.82) is 5.26 Å². The van der Waals surface area contributed by atoms with Crippen molar-refractivity contribution in [3.05, 3.63) is 44.5 Å². The fraction of sp³-hybridized carbons (Fsp3) is 0.0714. The third-order valence-corrected chi connectivity index (χ3v) is 6.16. The minimum Gasteiger partial charge on any atom is -0.348 e. The van der Waals surface area contributed by atoms with Crippen LogP contribution < -0.4 is 0 Å². The van der Waals surface area contributed by atoms with E-state index in [2.05, 4.69) is 36.8 Å². The van der Waals surface area contributed by atoms with Crippen LogP contribution in [0.5, 0.6) is 0 Å². The number of aromatic nitrogens is 1. The van der Waals surface area contributed by atoms with E-state index in [1.165, 1.54) is 11.3 Å². The lowest BCUT2D eigenvalue weighted by Crippen LogP contribution is -2.06. The number of nitriles is 1. The highest BCUT2D eigenvalue weighted by Crippen LogP contribution is 2.46. The summed E-state index contributed by atoms with van der Waals surface area (Å²) in [5, 5.41) is 10.1. The maximum absolute atomic E-state index is 13.0. The molecule has 1 aromatic carbocycles. The molecule has 0 radical (unpaired) electrons. The number of H-pyrrole nitrogens is 1. The van der Waals surface area contributed by atoms with Crippen molar-refractivity contribution in [3.63, 3.8) is 0 Å². The molecule has 0 atom stereocenters. The first-order valence-corrected chi connectivity index (χ1v) is 8.31. The topological polar surface area (TPSA) is 39.6 Å². The van der Waals surface area contributed by atoms with E-state index in [9.17, 15) is 18.4 Å². The number of fused-ring (bicyclic) bond motifs is 1. The van der Waals surface area contributed by atoms with Crippen LogP contribution in [0.15, 0.2) is 33.2 Å². The molecule has 0 aliphatic heterocycles. The Morgan fingerprint density at radius 2 is 1.82 bits per heavy atom. The molecule has 8 heteroatoms. The molecule has 3 aromatic rings. The van der Waals surface area contributed by atoms with E-state index in [0.717, 1.165) is 10.1 Å². The van der Waals surface area contributed by atoms with Crippen molar-refractivity contribution in [2.24, 2.45) is 0 Å². The molecule has 2 nitrogen and oxygen atoms in total. The van der Waals surface area contributed by atoms with Crippen LogP contribution in [0.1, 0.15) is 11.3 Å². The Kier molecular flexibility index (Phi) is 3.83. The third-order valence-electron chi connectivity index (χ3n) is 3.10. The molecule has 0 unspecified atom stereocenters. The van der Waals surface area contributed by atoms with Crippen molar-refractivity contribution in [1.82, 2.24) is 4.98 Å². The van der Waals surface area contributed by atoms with Crippen LogP contribution in [0.4, 0.5) is 13.2 Å². The number of thiophene rings is 1. The second-order valence-electron chi connectivity index (χ2n) is 4.41. The van der Waals surface area contributed by atoms with Gasteiger partial charge >= 0.3 is 6.18 Å². The zero-order valence-corrected chi connectivity index (χ0v) is 14.5. The summed E-state index contributed by atoms with van der Waals surface area (Å²) in [5.74, 6) is 0. The van der Waals surface area contributed by atoms with Crippen LogP contribution in [0, 0.1) is 11.3 Å². The molecule has 112 valence electrons. The molecule has 0 saturated heterocycles. The van der Waals surface area contributed by atoms with Crippen LogP contribution in [0.2, 0.25) is 0 Å². The fourth-order valence-corrected chi connectivity index (χ4v) is 4.75. The van der Waals surface area contributed by atoms with E-state index in [0.29, 0.717) is 9.35 Å². The Morgan fingerprint density at radius 3 is 2.41 bits per heavy atom. The van der Waals surface area contributed by atoms with Gasteiger partial charge in [0.1, 0.15) is 11.8 Å². The predicted molar refractivity (Wildman–Crippen MR) is 86.7 cm³/mol. The molecule has 3 rings (SSSR count). The Bertz CT molecular complexity index is 919. The van der Waals surface area contributed by atoms with E-state index in [1.54, 1.807) is 0 Å². The highest BCUT2D eigenvalue weighted by atomic mass is 79.9. The quantitative estimate of drug-likeness (QED) is 0.464. The molecule has 0 saturated carbocycles. The summed E-state index contributed by atoms with van der Waals surface area (Å²) >= 11 is 7.62. The molecule has 0 aliphatic carbocycles. The molecule has 0 aliphatic rings. The Balaban J connectivity index is 2.32. The molecule has 0 bridgehead atoms. The molecule has 2 heterocycles. The summed E-state index contributed by atoms with van der Waals surface area (Å²) in [6.45, 7) is 0. The van der Waals surface area contributed by atoms with Crippen LogP contribution >= 0.6 is 43.2 Å². The van der Waals surface area contributed by atoms with Crippen LogP contribution in [0.3, 0.4) is 0 Å². The number of rotatable bonds is 1. The normalized spacial score (nSPS) is 11.8. The van der Waals surface area contributed by atoms with Gasteiger partial charge in [-0.15, -0.1) is 11.3 Å². The predicted octanol–water partition coefficient (Wildman–Crippen LogP) is 6.31. The summed E-state index contributed by atoms with van der Waals surface area (Å²) in [6, 6.07) is 9.28. The molecule has 1 N–H and O–H groups in total. The number of alkyl halides is 3.